The Balaban J connectivity index is 2.89. The van der Waals surface area contributed by atoms with Crippen LogP contribution in [0.15, 0.2) is 0 Å². The van der Waals surface area contributed by atoms with Crippen LogP contribution in [0.5, 0.6) is 5.75 Å². The fourth-order valence-electron chi connectivity index (χ4n) is 1.32. The molecule has 0 saturated carbocycles. The van der Waals surface area contributed by atoms with E-state index in [0.29, 0.717) is 0 Å². The van der Waals surface area contributed by atoms with Crippen LogP contribution in [0.1, 0.15) is 20.8 Å². The third-order valence-corrected chi connectivity index (χ3v) is 3.29. The largest absolute Gasteiger partial charge is 0.664 e. The van der Waals surface area contributed by atoms with Crippen molar-refractivity contribution < 1.29 is 40.6 Å². The van der Waals surface area contributed by atoms with Crippen molar-refractivity contribution >= 4 is 14.1 Å². The molecule has 0 spiro atoms. The molecule has 0 aliphatic carbocycles. The van der Waals surface area contributed by atoms with Gasteiger partial charge >= 0.3 is 14.1 Å². The third kappa shape index (κ3) is 4.59. The van der Waals surface area contributed by atoms with E-state index in [1.165, 1.54) is 6.92 Å². The van der Waals surface area contributed by atoms with Gasteiger partial charge in [-0.25, -0.2) is 17.7 Å². The lowest BCUT2D eigenvalue weighted by atomic mass is 10.3. The lowest BCUT2D eigenvalue weighted by Gasteiger charge is -2.10. The van der Waals surface area contributed by atoms with Gasteiger partial charge in [0.25, 0.3) is 5.75 Å². The highest BCUT2D eigenvalue weighted by Gasteiger charge is 2.35. The second kappa shape index (κ2) is 7.65. The number of carbonyl (C=O) groups excluding carboxylic acids is 1. The summed E-state index contributed by atoms with van der Waals surface area (Å²) >= 11 is 0. The molecule has 1 N–H and O–H groups in total. The topological polar surface area (TPSA) is 64.6 Å². The van der Waals surface area contributed by atoms with Crippen molar-refractivity contribution in [3.05, 3.63) is 29.1 Å². The minimum atomic E-state index is -3.16. The first kappa shape index (κ1) is 19.2. The highest BCUT2D eigenvalue weighted by molar-refractivity contribution is 7.37. The molecule has 0 saturated heterocycles. The number of ether oxygens (including phenoxy) is 1. The monoisotopic (exact) mass is 360 g/mol. The summed E-state index contributed by atoms with van der Waals surface area (Å²) in [6, 6.07) is -1.21. The van der Waals surface area contributed by atoms with Gasteiger partial charge in [-0.2, -0.15) is 8.78 Å². The molecule has 0 aliphatic heterocycles. The minimum Gasteiger partial charge on any atom is -0.462 e. The Bertz CT molecular complexity index is 611. The average Bonchev–Trinajstić information content (AvgIpc) is 2.46. The highest BCUT2D eigenvalue weighted by atomic mass is 31.1. The summed E-state index contributed by atoms with van der Waals surface area (Å²) in [5.41, 5.74) is 0. The quantitative estimate of drug-likeness (QED) is 0.277. The van der Waals surface area contributed by atoms with E-state index in [1.54, 1.807) is 13.8 Å². The van der Waals surface area contributed by atoms with Gasteiger partial charge in [0.15, 0.2) is 0 Å². The van der Waals surface area contributed by atoms with Crippen LogP contribution < -0.4 is 9.61 Å². The van der Waals surface area contributed by atoms with Crippen LogP contribution in [0.3, 0.4) is 0 Å². The summed E-state index contributed by atoms with van der Waals surface area (Å²) in [6.45, 7) is 4.31. The van der Waals surface area contributed by atoms with Gasteiger partial charge in [-0.1, -0.05) is 5.09 Å². The third-order valence-electron chi connectivity index (χ3n) is 2.35. The standard InChI is InChI=1S/C12H12F5NO4P/c1-4(2)21-12(19)5(3)18-23(20)22-11-9(16)7(14)6(13)8(15)10(11)17/h4-5H,1-3H3,(H,18,20)/q+1. The van der Waals surface area contributed by atoms with Gasteiger partial charge in [-0.05, 0) is 20.8 Å². The van der Waals surface area contributed by atoms with Crippen molar-refractivity contribution in [3.8, 4) is 5.75 Å². The van der Waals surface area contributed by atoms with E-state index in [-0.39, 0.29) is 0 Å². The molecule has 5 nitrogen and oxygen atoms in total. The SMILES string of the molecule is CC(C)OC(=O)C(C)N[P+](=O)Oc1c(F)c(F)c(F)c(F)c1F. The number of hydrogen-bond donors (Lipinski definition) is 1. The lowest BCUT2D eigenvalue weighted by molar-refractivity contribution is -0.148. The molecular formula is C12H12F5NO4P+. The molecule has 0 amide bonds. The predicted octanol–water partition coefficient (Wildman–Crippen LogP) is 3.35. The fraction of sp³-hybridized carbons (Fsp3) is 0.417. The molecular weight excluding hydrogens is 348 g/mol. The molecule has 0 aromatic heterocycles. The molecule has 1 rings (SSSR count). The van der Waals surface area contributed by atoms with Gasteiger partial charge < -0.3 is 4.74 Å². The number of benzene rings is 1. The van der Waals surface area contributed by atoms with Crippen LogP contribution in [0.25, 0.3) is 0 Å². The number of nitrogens with one attached hydrogen (secondary N) is 1. The summed E-state index contributed by atoms with van der Waals surface area (Å²) in [6.07, 6.45) is -0.472. The number of halogens is 5. The van der Waals surface area contributed by atoms with E-state index in [2.05, 4.69) is 4.52 Å². The Kier molecular flexibility index (Phi) is 6.40. The van der Waals surface area contributed by atoms with Gasteiger partial charge in [0, 0.05) is 4.57 Å². The summed E-state index contributed by atoms with van der Waals surface area (Å²) in [5, 5.41) is 1.98. The number of hydrogen-bond acceptors (Lipinski definition) is 4. The Labute approximate surface area is 128 Å². The van der Waals surface area contributed by atoms with Gasteiger partial charge in [-0.15, -0.1) is 0 Å². The summed E-state index contributed by atoms with van der Waals surface area (Å²) in [4.78, 5) is 11.4. The van der Waals surface area contributed by atoms with Gasteiger partial charge in [-0.3, -0.25) is 4.79 Å². The minimum absolute atomic E-state index is 0.472. The van der Waals surface area contributed by atoms with E-state index in [4.69, 9.17) is 4.74 Å². The fourth-order valence-corrected chi connectivity index (χ4v) is 2.12. The predicted molar refractivity (Wildman–Crippen MR) is 68.3 cm³/mol. The first-order chi connectivity index (χ1) is 10.6. The molecule has 2 unspecified atom stereocenters. The van der Waals surface area contributed by atoms with Gasteiger partial charge in [0.2, 0.25) is 29.1 Å². The van der Waals surface area contributed by atoms with Crippen molar-refractivity contribution in [2.75, 3.05) is 0 Å². The molecule has 2 atom stereocenters. The van der Waals surface area contributed by atoms with Crippen molar-refractivity contribution in [2.24, 2.45) is 0 Å². The average molecular weight is 360 g/mol. The van der Waals surface area contributed by atoms with Crippen LogP contribution in [-0.4, -0.2) is 18.1 Å². The molecule has 0 aliphatic rings. The van der Waals surface area contributed by atoms with E-state index in [0.717, 1.165) is 0 Å². The number of esters is 1. The Morgan fingerprint density at radius 3 is 1.83 bits per heavy atom. The molecule has 1 aromatic rings. The van der Waals surface area contributed by atoms with Gasteiger partial charge in [0.05, 0.1) is 6.10 Å². The molecule has 23 heavy (non-hydrogen) atoms. The Morgan fingerprint density at radius 1 is 0.957 bits per heavy atom. The number of rotatable bonds is 6. The number of carbonyl (C=O) groups is 1. The van der Waals surface area contributed by atoms with Crippen molar-refractivity contribution in [2.45, 2.75) is 32.9 Å². The van der Waals surface area contributed by atoms with Crippen molar-refractivity contribution in [1.29, 1.82) is 0 Å². The molecule has 0 fully saturated rings. The van der Waals surface area contributed by atoms with E-state index in [1.807, 2.05) is 5.09 Å². The van der Waals surface area contributed by atoms with Crippen molar-refractivity contribution in [1.82, 2.24) is 5.09 Å². The van der Waals surface area contributed by atoms with Crippen LogP contribution >= 0.6 is 8.18 Å². The lowest BCUT2D eigenvalue weighted by Crippen LogP contribution is -2.33. The maximum atomic E-state index is 13.3. The molecule has 128 valence electrons. The van der Waals surface area contributed by atoms with Crippen molar-refractivity contribution in [3.63, 3.8) is 0 Å². The summed E-state index contributed by atoms with van der Waals surface area (Å²) in [7, 11) is -3.16. The van der Waals surface area contributed by atoms with E-state index < -0.39 is 61.1 Å². The van der Waals surface area contributed by atoms with Crippen LogP contribution in [-0.2, 0) is 14.1 Å². The van der Waals surface area contributed by atoms with E-state index >= 15 is 0 Å². The van der Waals surface area contributed by atoms with E-state index in [9.17, 15) is 31.3 Å². The van der Waals surface area contributed by atoms with Crippen LogP contribution in [0, 0.1) is 29.1 Å². The smallest absolute Gasteiger partial charge is 0.462 e. The zero-order chi connectivity index (χ0) is 17.9. The first-order valence-corrected chi connectivity index (χ1v) is 7.37. The molecule has 11 heteroatoms. The highest BCUT2D eigenvalue weighted by Crippen LogP contribution is 2.34. The molecule has 0 heterocycles. The Hall–Kier alpha value is -1.80. The van der Waals surface area contributed by atoms with Crippen LogP contribution in [0.2, 0.25) is 0 Å². The zero-order valence-electron chi connectivity index (χ0n) is 12.1. The second-order valence-corrected chi connectivity index (χ2v) is 5.54. The maximum absolute atomic E-state index is 13.3. The first-order valence-electron chi connectivity index (χ1n) is 6.19. The molecule has 1 aromatic carbocycles. The molecule has 0 bridgehead atoms. The zero-order valence-corrected chi connectivity index (χ0v) is 13.0. The summed E-state index contributed by atoms with van der Waals surface area (Å²) in [5.74, 6) is -14.0. The molecule has 0 radical (unpaired) electrons. The Morgan fingerprint density at radius 2 is 1.39 bits per heavy atom. The summed E-state index contributed by atoms with van der Waals surface area (Å²) < 4.78 is 86.0. The van der Waals surface area contributed by atoms with Crippen LogP contribution in [0.4, 0.5) is 22.0 Å². The second-order valence-electron chi connectivity index (χ2n) is 4.58. The normalized spacial score (nSPS) is 13.0. The van der Waals surface area contributed by atoms with Gasteiger partial charge in [0.1, 0.15) is 6.04 Å². The maximum Gasteiger partial charge on any atom is 0.664 e.